The largest absolute Gasteiger partial charge is 0.207 e. The average Bonchev–Trinajstić information content (AvgIpc) is 2.52. The lowest BCUT2D eigenvalue weighted by atomic mass is 9.87. The SMILES string of the molecule is CC.Cc1c(F)ccc(C(C)C)c1-c1cc(C(C)C)c(F)cc1F. The number of hydrogen-bond donors (Lipinski definition) is 0. The Hall–Kier alpha value is -1.77. The van der Waals surface area contributed by atoms with E-state index in [1.54, 1.807) is 13.0 Å². The van der Waals surface area contributed by atoms with Crippen molar-refractivity contribution in [3.63, 3.8) is 0 Å². The van der Waals surface area contributed by atoms with Crippen LogP contribution in [-0.2, 0) is 0 Å². The molecule has 0 aliphatic carbocycles. The fraction of sp³-hybridized carbons (Fsp3) is 0.429. The Morgan fingerprint density at radius 2 is 1.25 bits per heavy atom. The first-order chi connectivity index (χ1) is 11.2. The van der Waals surface area contributed by atoms with E-state index in [9.17, 15) is 13.2 Å². The Morgan fingerprint density at radius 3 is 1.75 bits per heavy atom. The van der Waals surface area contributed by atoms with E-state index in [1.165, 1.54) is 12.1 Å². The fourth-order valence-electron chi connectivity index (χ4n) is 2.75. The van der Waals surface area contributed by atoms with Crippen molar-refractivity contribution in [3.05, 3.63) is 58.4 Å². The molecular weight excluding hydrogens is 309 g/mol. The Labute approximate surface area is 143 Å². The minimum Gasteiger partial charge on any atom is -0.207 e. The normalized spacial score (nSPS) is 10.8. The molecule has 0 aliphatic heterocycles. The summed E-state index contributed by atoms with van der Waals surface area (Å²) in [4.78, 5) is 0. The van der Waals surface area contributed by atoms with Gasteiger partial charge in [-0.2, -0.15) is 0 Å². The fourth-order valence-corrected chi connectivity index (χ4v) is 2.75. The zero-order chi connectivity index (χ0) is 18.6. The molecule has 2 aromatic carbocycles. The summed E-state index contributed by atoms with van der Waals surface area (Å²) in [6.45, 7) is 13.3. The van der Waals surface area contributed by atoms with Gasteiger partial charge in [-0.25, -0.2) is 13.2 Å². The van der Waals surface area contributed by atoms with Crippen molar-refractivity contribution in [2.75, 3.05) is 0 Å². The predicted molar refractivity (Wildman–Crippen MR) is 96.0 cm³/mol. The second kappa shape index (κ2) is 8.36. The molecule has 2 aromatic rings. The van der Waals surface area contributed by atoms with Crippen LogP contribution >= 0.6 is 0 Å². The van der Waals surface area contributed by atoms with Gasteiger partial charge < -0.3 is 0 Å². The van der Waals surface area contributed by atoms with Crippen LogP contribution in [-0.4, -0.2) is 0 Å². The van der Waals surface area contributed by atoms with Crippen molar-refractivity contribution in [1.29, 1.82) is 0 Å². The van der Waals surface area contributed by atoms with Gasteiger partial charge in [0, 0.05) is 11.6 Å². The molecule has 2 rings (SSSR count). The van der Waals surface area contributed by atoms with Crippen LogP contribution in [0, 0.1) is 24.4 Å². The van der Waals surface area contributed by atoms with Crippen LogP contribution < -0.4 is 0 Å². The number of benzene rings is 2. The number of halogens is 3. The summed E-state index contributed by atoms with van der Waals surface area (Å²) in [5.41, 5.74) is 2.50. The molecule has 0 nitrogen and oxygen atoms in total. The van der Waals surface area contributed by atoms with Crippen LogP contribution in [0.4, 0.5) is 13.2 Å². The molecule has 132 valence electrons. The maximum absolute atomic E-state index is 14.4. The Kier molecular flexibility index (Phi) is 7.07. The molecule has 0 aliphatic rings. The minimum absolute atomic E-state index is 0.0734. The van der Waals surface area contributed by atoms with Crippen LogP contribution in [0.15, 0.2) is 24.3 Å². The van der Waals surface area contributed by atoms with E-state index in [1.807, 2.05) is 41.5 Å². The summed E-state index contributed by atoms with van der Waals surface area (Å²) in [5, 5.41) is 0. The third-order valence-corrected chi connectivity index (χ3v) is 4.03. The van der Waals surface area contributed by atoms with Gasteiger partial charge in [0.1, 0.15) is 17.5 Å². The van der Waals surface area contributed by atoms with E-state index in [-0.39, 0.29) is 23.2 Å². The summed E-state index contributed by atoms with van der Waals surface area (Å²) in [5.74, 6) is -1.56. The quantitative estimate of drug-likeness (QED) is 0.549. The Bertz CT molecular complexity index is 701. The van der Waals surface area contributed by atoms with Gasteiger partial charge in [0.25, 0.3) is 0 Å². The lowest BCUT2D eigenvalue weighted by Gasteiger charge is -2.19. The van der Waals surface area contributed by atoms with Crippen molar-refractivity contribution in [2.24, 2.45) is 0 Å². The second-order valence-electron chi connectivity index (χ2n) is 6.30. The predicted octanol–water partition coefficient (Wildman–Crippen LogP) is 7.35. The summed E-state index contributed by atoms with van der Waals surface area (Å²) in [6.07, 6.45) is 0. The highest BCUT2D eigenvalue weighted by atomic mass is 19.1. The minimum atomic E-state index is -0.655. The topological polar surface area (TPSA) is 0 Å². The molecule has 0 radical (unpaired) electrons. The van der Waals surface area contributed by atoms with Crippen molar-refractivity contribution in [2.45, 2.75) is 60.3 Å². The zero-order valence-electron chi connectivity index (χ0n) is 15.6. The smallest absolute Gasteiger partial charge is 0.133 e. The molecule has 0 N–H and O–H groups in total. The lowest BCUT2D eigenvalue weighted by molar-refractivity contribution is 0.566. The second-order valence-corrected chi connectivity index (χ2v) is 6.30. The first-order valence-corrected chi connectivity index (χ1v) is 8.52. The maximum atomic E-state index is 14.4. The molecule has 0 heterocycles. The Morgan fingerprint density at radius 1 is 0.708 bits per heavy atom. The van der Waals surface area contributed by atoms with E-state index in [2.05, 4.69) is 0 Å². The molecule has 0 amide bonds. The summed E-state index contributed by atoms with van der Waals surface area (Å²) in [6, 6.07) is 5.50. The van der Waals surface area contributed by atoms with E-state index in [0.29, 0.717) is 16.7 Å². The highest BCUT2D eigenvalue weighted by Gasteiger charge is 2.20. The van der Waals surface area contributed by atoms with Gasteiger partial charge in [-0.3, -0.25) is 0 Å². The van der Waals surface area contributed by atoms with Crippen molar-refractivity contribution >= 4 is 0 Å². The summed E-state index contributed by atoms with van der Waals surface area (Å²) >= 11 is 0. The van der Waals surface area contributed by atoms with Crippen LogP contribution in [0.2, 0.25) is 0 Å². The molecule has 0 saturated heterocycles. The van der Waals surface area contributed by atoms with E-state index >= 15 is 0 Å². The monoisotopic (exact) mass is 336 g/mol. The highest BCUT2D eigenvalue weighted by molar-refractivity contribution is 5.73. The third-order valence-electron chi connectivity index (χ3n) is 4.03. The maximum Gasteiger partial charge on any atom is 0.133 e. The van der Waals surface area contributed by atoms with Gasteiger partial charge in [0.05, 0.1) is 0 Å². The molecule has 0 bridgehead atoms. The van der Waals surface area contributed by atoms with Crippen LogP contribution in [0.3, 0.4) is 0 Å². The molecule has 24 heavy (non-hydrogen) atoms. The Balaban J connectivity index is 0.00000139. The molecule has 0 atom stereocenters. The van der Waals surface area contributed by atoms with Gasteiger partial charge in [-0.1, -0.05) is 47.6 Å². The molecule has 0 spiro atoms. The number of rotatable bonds is 3. The highest BCUT2D eigenvalue weighted by Crippen LogP contribution is 2.37. The van der Waals surface area contributed by atoms with E-state index < -0.39 is 11.6 Å². The van der Waals surface area contributed by atoms with E-state index in [4.69, 9.17) is 0 Å². The summed E-state index contributed by atoms with van der Waals surface area (Å²) < 4.78 is 42.3. The van der Waals surface area contributed by atoms with Gasteiger partial charge >= 0.3 is 0 Å². The molecule has 0 aromatic heterocycles. The summed E-state index contributed by atoms with van der Waals surface area (Å²) in [7, 11) is 0. The molecule has 0 fully saturated rings. The van der Waals surface area contributed by atoms with Crippen LogP contribution in [0.5, 0.6) is 0 Å². The third kappa shape index (κ3) is 4.00. The van der Waals surface area contributed by atoms with Gasteiger partial charge in [0.2, 0.25) is 0 Å². The average molecular weight is 336 g/mol. The standard InChI is InChI=1S/C19H21F3.C2H6/c1-10(2)13-6-7-16(20)12(5)19(13)15-8-14(11(3)4)17(21)9-18(15)22;1-2/h6-11H,1-5H3;1-2H3. The van der Waals surface area contributed by atoms with Crippen molar-refractivity contribution in [1.82, 2.24) is 0 Å². The van der Waals surface area contributed by atoms with E-state index in [0.717, 1.165) is 11.6 Å². The number of hydrogen-bond acceptors (Lipinski definition) is 0. The van der Waals surface area contributed by atoms with Gasteiger partial charge in [-0.05, 0) is 53.1 Å². The first-order valence-electron chi connectivity index (χ1n) is 8.52. The molecular formula is C21H27F3. The molecule has 0 saturated carbocycles. The van der Waals surface area contributed by atoms with Gasteiger partial charge in [0.15, 0.2) is 0 Å². The zero-order valence-corrected chi connectivity index (χ0v) is 15.6. The van der Waals surface area contributed by atoms with Gasteiger partial charge in [-0.15, -0.1) is 0 Å². The van der Waals surface area contributed by atoms with Crippen LogP contribution in [0.25, 0.3) is 11.1 Å². The van der Waals surface area contributed by atoms with Crippen molar-refractivity contribution in [3.8, 4) is 11.1 Å². The first kappa shape index (κ1) is 20.3. The molecule has 0 unspecified atom stereocenters. The van der Waals surface area contributed by atoms with Crippen molar-refractivity contribution < 1.29 is 13.2 Å². The lowest BCUT2D eigenvalue weighted by Crippen LogP contribution is -2.02. The molecule has 3 heteroatoms. The van der Waals surface area contributed by atoms with Crippen LogP contribution in [0.1, 0.15) is 70.1 Å².